The molecule has 0 bridgehead atoms. The zero-order valence-corrected chi connectivity index (χ0v) is 19.0. The maximum absolute atomic E-state index is 13.7. The number of urea groups is 1. The molecule has 5 N–H and O–H groups in total. The number of amides is 3. The predicted molar refractivity (Wildman–Crippen MR) is 127 cm³/mol. The predicted octanol–water partition coefficient (Wildman–Crippen LogP) is 4.42. The fourth-order valence-corrected chi connectivity index (χ4v) is 3.29. The second kappa shape index (κ2) is 11.2. The molecule has 1 aromatic heterocycles. The van der Waals surface area contributed by atoms with Crippen LogP contribution in [-0.4, -0.2) is 34.5 Å². The average molecular weight is 501 g/mol. The van der Waals surface area contributed by atoms with Gasteiger partial charge in [-0.1, -0.05) is 12.1 Å². The topological polar surface area (TPSA) is 138 Å². The number of carbonyl (C=O) groups excluding carboxylic acids is 2. The fraction of sp³-hybridized carbons (Fsp3) is 0.167. The number of halogens is 3. The summed E-state index contributed by atoms with van der Waals surface area (Å²) >= 11 is 0. The number of nitrogens with zero attached hydrogens (tertiary/aromatic N) is 2. The molecular formula is C24H22F3N5O4. The third kappa shape index (κ3) is 6.29. The van der Waals surface area contributed by atoms with Gasteiger partial charge in [0.1, 0.15) is 5.82 Å². The van der Waals surface area contributed by atoms with Gasteiger partial charge in [-0.3, -0.25) is 14.5 Å². The molecular weight excluding hydrogens is 479 g/mol. The van der Waals surface area contributed by atoms with Crippen LogP contribution in [0, 0.1) is 17.5 Å². The van der Waals surface area contributed by atoms with Gasteiger partial charge in [0, 0.05) is 48.7 Å². The van der Waals surface area contributed by atoms with Crippen LogP contribution >= 0.6 is 0 Å². The molecule has 0 aliphatic carbocycles. The first-order valence-electron chi connectivity index (χ1n) is 10.7. The summed E-state index contributed by atoms with van der Waals surface area (Å²) in [4.78, 5) is 40.7. The number of carboxylic acids is 1. The number of carboxylic acid groups (broad SMARTS) is 1. The lowest BCUT2D eigenvalue weighted by Gasteiger charge is -2.20. The van der Waals surface area contributed by atoms with Crippen molar-refractivity contribution in [3.63, 3.8) is 0 Å². The van der Waals surface area contributed by atoms with Crippen molar-refractivity contribution in [1.29, 1.82) is 0 Å². The monoisotopic (exact) mass is 501 g/mol. The molecule has 0 radical (unpaired) electrons. The molecule has 0 saturated carbocycles. The molecule has 1 heterocycles. The maximum atomic E-state index is 13.7. The number of benzene rings is 2. The number of hydrogen-bond acceptors (Lipinski definition) is 5. The molecule has 12 heteroatoms. The second-order valence-corrected chi connectivity index (χ2v) is 7.59. The van der Waals surface area contributed by atoms with Crippen LogP contribution in [0.1, 0.15) is 29.3 Å². The van der Waals surface area contributed by atoms with E-state index in [1.54, 1.807) is 31.2 Å². The lowest BCUT2D eigenvalue weighted by atomic mass is 10.1. The van der Waals surface area contributed by atoms with Gasteiger partial charge in [0.15, 0.2) is 17.5 Å². The summed E-state index contributed by atoms with van der Waals surface area (Å²) in [5, 5.41) is 14.1. The van der Waals surface area contributed by atoms with Gasteiger partial charge in [-0.15, -0.1) is 0 Å². The number of aromatic nitrogens is 1. The molecule has 3 rings (SSSR count). The number of carbonyl (C=O) groups is 3. The van der Waals surface area contributed by atoms with E-state index in [9.17, 15) is 27.6 Å². The van der Waals surface area contributed by atoms with E-state index in [1.807, 2.05) is 0 Å². The summed E-state index contributed by atoms with van der Waals surface area (Å²) in [6.45, 7) is 1.80. The lowest BCUT2D eigenvalue weighted by molar-refractivity contribution is -0.136. The van der Waals surface area contributed by atoms with Crippen LogP contribution in [-0.2, 0) is 11.2 Å². The molecule has 188 valence electrons. The molecule has 9 nitrogen and oxygen atoms in total. The molecule has 3 amide bonds. The summed E-state index contributed by atoms with van der Waals surface area (Å²) in [6, 6.07) is 8.39. The Kier molecular flexibility index (Phi) is 8.10. The van der Waals surface area contributed by atoms with E-state index < -0.39 is 35.4 Å². The van der Waals surface area contributed by atoms with Crippen LogP contribution in [0.2, 0.25) is 0 Å². The van der Waals surface area contributed by atoms with Crippen molar-refractivity contribution >= 4 is 40.8 Å². The average Bonchev–Trinajstić information content (AvgIpc) is 2.82. The van der Waals surface area contributed by atoms with Crippen LogP contribution in [0.5, 0.6) is 0 Å². The third-order valence-corrected chi connectivity index (χ3v) is 5.10. The van der Waals surface area contributed by atoms with Crippen molar-refractivity contribution in [3.8, 4) is 0 Å². The molecule has 0 spiro atoms. The maximum Gasteiger partial charge on any atom is 0.320 e. The van der Waals surface area contributed by atoms with Gasteiger partial charge in [-0.25, -0.2) is 22.9 Å². The van der Waals surface area contributed by atoms with Gasteiger partial charge in [0.05, 0.1) is 11.3 Å². The van der Waals surface area contributed by atoms with Gasteiger partial charge in [0.2, 0.25) is 0 Å². The number of aliphatic carboxylic acids is 1. The molecule has 2 aromatic carbocycles. The van der Waals surface area contributed by atoms with Crippen molar-refractivity contribution in [2.45, 2.75) is 19.8 Å². The normalized spacial score (nSPS) is 10.6. The SMILES string of the molecule is CCN(C(N)=O)c1cc(Nc2cc(F)c(F)c(F)c2)c(C(=O)Nc2ccc(CCC(=O)O)cc2)cn1. The van der Waals surface area contributed by atoms with Crippen molar-refractivity contribution < 1.29 is 32.7 Å². The van der Waals surface area contributed by atoms with Gasteiger partial charge in [-0.2, -0.15) is 0 Å². The number of primary amides is 1. The molecule has 0 saturated heterocycles. The standard InChI is InChI=1S/C24H22F3N5O4/c1-2-32(24(28)36)20-11-19(30-15-9-17(25)22(27)18(26)10-15)16(12-29-20)23(35)31-14-6-3-13(4-7-14)5-8-21(33)34/h3-4,6-7,9-12H,2,5,8H2,1H3,(H2,28,36)(H,29,30)(H,31,35)(H,33,34). The molecule has 0 fully saturated rings. The Morgan fingerprint density at radius 3 is 2.22 bits per heavy atom. The Morgan fingerprint density at radius 2 is 1.67 bits per heavy atom. The van der Waals surface area contributed by atoms with Gasteiger partial charge in [0.25, 0.3) is 5.91 Å². The number of rotatable bonds is 9. The summed E-state index contributed by atoms with van der Waals surface area (Å²) in [5.41, 5.74) is 6.28. The summed E-state index contributed by atoms with van der Waals surface area (Å²) < 4.78 is 40.9. The van der Waals surface area contributed by atoms with E-state index in [1.165, 1.54) is 6.07 Å². The Labute approximate surface area is 203 Å². The largest absolute Gasteiger partial charge is 0.481 e. The number of nitrogens with one attached hydrogen (secondary N) is 2. The van der Waals surface area contributed by atoms with Gasteiger partial charge >= 0.3 is 12.0 Å². The third-order valence-electron chi connectivity index (χ3n) is 5.10. The Bertz CT molecular complexity index is 1280. The van der Waals surface area contributed by atoms with E-state index in [4.69, 9.17) is 10.8 Å². The highest BCUT2D eigenvalue weighted by Crippen LogP contribution is 2.28. The first kappa shape index (κ1) is 26.0. The first-order chi connectivity index (χ1) is 17.1. The quantitative estimate of drug-likeness (QED) is 0.321. The summed E-state index contributed by atoms with van der Waals surface area (Å²) in [6.07, 6.45) is 1.43. The van der Waals surface area contributed by atoms with Crippen LogP contribution in [0.3, 0.4) is 0 Å². The van der Waals surface area contributed by atoms with Crippen molar-refractivity contribution in [2.75, 3.05) is 22.1 Å². The highest BCUT2D eigenvalue weighted by Gasteiger charge is 2.19. The van der Waals surface area contributed by atoms with Gasteiger partial charge in [-0.05, 0) is 31.0 Å². The Hall–Kier alpha value is -4.61. The highest BCUT2D eigenvalue weighted by atomic mass is 19.2. The van der Waals surface area contributed by atoms with E-state index in [0.717, 1.165) is 16.7 Å². The van der Waals surface area contributed by atoms with E-state index in [-0.39, 0.29) is 35.7 Å². The molecule has 0 atom stereocenters. The number of pyridine rings is 1. The first-order valence-corrected chi connectivity index (χ1v) is 10.7. The highest BCUT2D eigenvalue weighted by molar-refractivity contribution is 6.08. The zero-order valence-electron chi connectivity index (χ0n) is 19.0. The number of aryl methyl sites for hydroxylation is 1. The molecule has 0 aliphatic heterocycles. The molecule has 36 heavy (non-hydrogen) atoms. The van der Waals surface area contributed by atoms with Crippen molar-refractivity contribution in [2.24, 2.45) is 5.73 Å². The zero-order chi connectivity index (χ0) is 26.4. The molecule has 0 aliphatic rings. The molecule has 3 aromatic rings. The van der Waals surface area contributed by atoms with E-state index in [2.05, 4.69) is 15.6 Å². The summed E-state index contributed by atoms with van der Waals surface area (Å²) in [5.74, 6) is -6.04. The van der Waals surface area contributed by atoms with Crippen molar-refractivity contribution in [3.05, 3.63) is 77.2 Å². The minimum Gasteiger partial charge on any atom is -0.481 e. The minimum absolute atomic E-state index is 0.0145. The Morgan fingerprint density at radius 1 is 1.03 bits per heavy atom. The van der Waals surface area contributed by atoms with Gasteiger partial charge < -0.3 is 21.5 Å². The van der Waals surface area contributed by atoms with Crippen molar-refractivity contribution in [1.82, 2.24) is 4.98 Å². The molecule has 0 unspecified atom stereocenters. The summed E-state index contributed by atoms with van der Waals surface area (Å²) in [7, 11) is 0. The smallest absolute Gasteiger partial charge is 0.320 e. The van der Waals surface area contributed by atoms with E-state index in [0.29, 0.717) is 24.2 Å². The van der Waals surface area contributed by atoms with E-state index >= 15 is 0 Å². The number of anilines is 4. The Balaban J connectivity index is 1.93. The lowest BCUT2D eigenvalue weighted by Crippen LogP contribution is -2.36. The number of nitrogens with two attached hydrogens (primary N) is 1. The number of hydrogen-bond donors (Lipinski definition) is 4. The van der Waals surface area contributed by atoms with Crippen LogP contribution in [0.15, 0.2) is 48.7 Å². The minimum atomic E-state index is -1.65. The van der Waals surface area contributed by atoms with Crippen LogP contribution in [0.25, 0.3) is 0 Å². The second-order valence-electron chi connectivity index (χ2n) is 7.59. The van der Waals surface area contributed by atoms with Crippen LogP contribution < -0.4 is 21.3 Å². The van der Waals surface area contributed by atoms with Crippen LogP contribution in [0.4, 0.5) is 40.8 Å². The fourth-order valence-electron chi connectivity index (χ4n) is 3.29.